The molecule has 0 aliphatic rings. The van der Waals surface area contributed by atoms with Gasteiger partial charge in [0.15, 0.2) is 11.5 Å². The first-order chi connectivity index (χ1) is 11.5. The smallest absolute Gasteiger partial charge is 0.290 e. The van der Waals surface area contributed by atoms with Crippen LogP contribution in [0.5, 0.6) is 11.5 Å². The van der Waals surface area contributed by atoms with Crippen molar-refractivity contribution in [3.05, 3.63) is 81.4 Å². The zero-order chi connectivity index (χ0) is 17.1. The highest BCUT2D eigenvalue weighted by Gasteiger charge is 1.98. The molecule has 120 valence electrons. The maximum absolute atomic E-state index is 10.9. The molecule has 24 heavy (non-hydrogen) atoms. The number of rotatable bonds is 0. The normalized spacial score (nSPS) is 10.3. The molecule has 4 rings (SSSR count). The van der Waals surface area contributed by atoms with Gasteiger partial charge in [-0.15, -0.1) is 0 Å². The lowest BCUT2D eigenvalue weighted by Crippen LogP contribution is -2.03. The molecule has 6 nitrogen and oxygen atoms in total. The number of nitrogens with one attached hydrogen (secondary N) is 2. The van der Waals surface area contributed by atoms with Crippen LogP contribution in [0.1, 0.15) is 0 Å². The van der Waals surface area contributed by atoms with Gasteiger partial charge in [0, 0.05) is 21.8 Å². The number of fused-ring (bicyclic) bond motifs is 2. The van der Waals surface area contributed by atoms with E-state index in [1.54, 1.807) is 12.1 Å². The van der Waals surface area contributed by atoms with Crippen molar-refractivity contribution < 1.29 is 10.2 Å². The molecule has 0 bridgehead atoms. The van der Waals surface area contributed by atoms with Crippen LogP contribution in [-0.4, -0.2) is 20.2 Å². The molecular weight excluding hydrogens is 308 g/mol. The molecule has 4 N–H and O–H groups in total. The van der Waals surface area contributed by atoms with Crippen LogP contribution in [0.4, 0.5) is 0 Å². The predicted octanol–water partition coefficient (Wildman–Crippen LogP) is 2.47. The van der Waals surface area contributed by atoms with Crippen molar-refractivity contribution in [1.82, 2.24) is 9.97 Å². The fourth-order valence-electron chi connectivity index (χ4n) is 2.27. The van der Waals surface area contributed by atoms with E-state index in [1.165, 1.54) is 12.1 Å². The van der Waals surface area contributed by atoms with Crippen LogP contribution in [0.15, 0.2) is 70.3 Å². The predicted molar refractivity (Wildman–Crippen MR) is 92.5 cm³/mol. The van der Waals surface area contributed by atoms with Gasteiger partial charge in [-0.25, -0.2) is 0 Å². The van der Waals surface area contributed by atoms with Gasteiger partial charge in [-0.2, -0.15) is 0 Å². The van der Waals surface area contributed by atoms with E-state index >= 15 is 0 Å². The molecule has 0 aliphatic carbocycles. The summed E-state index contributed by atoms with van der Waals surface area (Å²) in [6.45, 7) is 0. The number of hydrogen-bond donors (Lipinski definition) is 4. The number of para-hydroxylation sites is 2. The minimum atomic E-state index is -0.450. The Bertz CT molecular complexity index is 1040. The summed E-state index contributed by atoms with van der Waals surface area (Å²) >= 11 is 0. The van der Waals surface area contributed by atoms with Gasteiger partial charge >= 0.3 is 0 Å². The van der Waals surface area contributed by atoms with Gasteiger partial charge in [0.25, 0.3) is 11.1 Å². The van der Waals surface area contributed by atoms with Gasteiger partial charge in [0.05, 0.1) is 0 Å². The highest BCUT2D eigenvalue weighted by Crippen LogP contribution is 2.13. The summed E-state index contributed by atoms with van der Waals surface area (Å²) in [6.07, 6.45) is 0. The van der Waals surface area contributed by atoms with Crippen LogP contribution in [0.3, 0.4) is 0 Å². The third kappa shape index (κ3) is 3.12. The zero-order valence-corrected chi connectivity index (χ0v) is 12.5. The van der Waals surface area contributed by atoms with E-state index in [1.807, 2.05) is 36.4 Å². The molecule has 4 aromatic rings. The van der Waals surface area contributed by atoms with Crippen molar-refractivity contribution in [2.24, 2.45) is 0 Å². The molecule has 0 unspecified atom stereocenters. The average Bonchev–Trinajstić information content (AvgIpc) is 2.57. The second-order valence-corrected chi connectivity index (χ2v) is 5.14. The summed E-state index contributed by atoms with van der Waals surface area (Å²) in [5.41, 5.74) is 0.572. The van der Waals surface area contributed by atoms with E-state index in [0.717, 1.165) is 21.8 Å². The second kappa shape index (κ2) is 6.29. The number of benzene rings is 2. The van der Waals surface area contributed by atoms with E-state index in [0.29, 0.717) is 0 Å². The van der Waals surface area contributed by atoms with E-state index < -0.39 is 11.1 Å². The minimum absolute atomic E-state index is 0.242. The fraction of sp³-hybridized carbons (Fsp3) is 0. The molecule has 0 radical (unpaired) electrons. The summed E-state index contributed by atoms with van der Waals surface area (Å²) in [4.78, 5) is 27.0. The summed E-state index contributed by atoms with van der Waals surface area (Å²) in [5, 5.41) is 19.8. The first-order valence-electron chi connectivity index (χ1n) is 7.16. The molecule has 2 heterocycles. The van der Waals surface area contributed by atoms with Crippen LogP contribution >= 0.6 is 0 Å². The van der Waals surface area contributed by atoms with Gasteiger partial charge in [0.1, 0.15) is 0 Å². The topological polar surface area (TPSA) is 106 Å². The van der Waals surface area contributed by atoms with E-state index in [9.17, 15) is 9.59 Å². The number of H-pyrrole nitrogens is 2. The van der Waals surface area contributed by atoms with Crippen LogP contribution < -0.4 is 11.1 Å². The number of aromatic hydroxyl groups is 2. The van der Waals surface area contributed by atoms with Crippen molar-refractivity contribution in [2.45, 2.75) is 0 Å². The summed E-state index contributed by atoms with van der Waals surface area (Å²) in [6, 6.07) is 17.5. The Morgan fingerprint density at radius 3 is 1.42 bits per heavy atom. The van der Waals surface area contributed by atoms with Crippen LogP contribution in [-0.2, 0) is 0 Å². The van der Waals surface area contributed by atoms with Gasteiger partial charge in [0.2, 0.25) is 0 Å². The first-order valence-corrected chi connectivity index (χ1v) is 7.16. The molecule has 0 atom stereocenters. The molecule has 0 spiro atoms. The number of pyridine rings is 2. The average molecular weight is 322 g/mol. The summed E-state index contributed by atoms with van der Waals surface area (Å²) in [7, 11) is 0. The van der Waals surface area contributed by atoms with Crippen molar-refractivity contribution in [3.8, 4) is 11.5 Å². The quantitative estimate of drug-likeness (QED) is 0.399. The zero-order valence-electron chi connectivity index (χ0n) is 12.5. The SMILES string of the molecule is O=c1[nH]c2ccccc2cc1O.O=c1[nH]c2ccccc2cc1O. The maximum atomic E-state index is 10.9. The standard InChI is InChI=1S/2C9H7NO2/c2*11-8-5-6-3-1-2-4-7(6)10-9(8)12/h2*1-5,11H,(H,10,12). The molecule has 6 heteroatoms. The Balaban J connectivity index is 0.000000141. The van der Waals surface area contributed by atoms with Crippen molar-refractivity contribution >= 4 is 21.8 Å². The first kappa shape index (κ1) is 15.4. The molecule has 2 aromatic heterocycles. The molecular formula is C18H14N2O4. The molecule has 0 saturated heterocycles. The number of aromatic nitrogens is 2. The van der Waals surface area contributed by atoms with Gasteiger partial charge in [-0.3, -0.25) is 9.59 Å². The molecule has 2 aromatic carbocycles. The third-order valence-corrected chi connectivity index (χ3v) is 3.47. The Kier molecular flexibility index (Phi) is 4.03. The highest BCUT2D eigenvalue weighted by molar-refractivity contribution is 5.79. The largest absolute Gasteiger partial charge is 0.503 e. The van der Waals surface area contributed by atoms with Crippen LogP contribution in [0, 0.1) is 0 Å². The Morgan fingerprint density at radius 1 is 0.625 bits per heavy atom. The van der Waals surface area contributed by atoms with Gasteiger partial charge in [-0.1, -0.05) is 36.4 Å². The lowest BCUT2D eigenvalue weighted by atomic mass is 10.2. The molecule has 0 amide bonds. The molecule has 0 saturated carbocycles. The molecule has 0 fully saturated rings. The lowest BCUT2D eigenvalue weighted by Gasteiger charge is -1.96. The monoisotopic (exact) mass is 322 g/mol. The van der Waals surface area contributed by atoms with Gasteiger partial charge in [-0.05, 0) is 24.3 Å². The minimum Gasteiger partial charge on any atom is -0.503 e. The number of aromatic amines is 2. The van der Waals surface area contributed by atoms with Crippen LogP contribution in [0.2, 0.25) is 0 Å². The van der Waals surface area contributed by atoms with Crippen molar-refractivity contribution in [2.75, 3.05) is 0 Å². The van der Waals surface area contributed by atoms with Crippen LogP contribution in [0.25, 0.3) is 21.8 Å². The second-order valence-electron chi connectivity index (χ2n) is 5.14. The summed E-state index contributed by atoms with van der Waals surface area (Å²) < 4.78 is 0. The number of hydrogen-bond acceptors (Lipinski definition) is 4. The highest BCUT2D eigenvalue weighted by atomic mass is 16.3. The Morgan fingerprint density at radius 2 is 1.00 bits per heavy atom. The lowest BCUT2D eigenvalue weighted by molar-refractivity contribution is 0.467. The van der Waals surface area contributed by atoms with E-state index in [4.69, 9.17) is 10.2 Å². The molecule has 0 aliphatic heterocycles. The van der Waals surface area contributed by atoms with E-state index in [-0.39, 0.29) is 11.5 Å². The maximum Gasteiger partial charge on any atom is 0.290 e. The Hall–Kier alpha value is -3.54. The third-order valence-electron chi connectivity index (χ3n) is 3.47. The summed E-state index contributed by atoms with van der Waals surface area (Å²) in [5.74, 6) is -0.484. The van der Waals surface area contributed by atoms with Crippen molar-refractivity contribution in [1.29, 1.82) is 0 Å². The van der Waals surface area contributed by atoms with Crippen molar-refractivity contribution in [3.63, 3.8) is 0 Å². The Labute approximate surface area is 135 Å². The van der Waals surface area contributed by atoms with E-state index in [2.05, 4.69) is 9.97 Å². The van der Waals surface area contributed by atoms with Gasteiger partial charge < -0.3 is 20.2 Å². The fourth-order valence-corrected chi connectivity index (χ4v) is 2.27.